The van der Waals surface area contributed by atoms with Gasteiger partial charge in [0.2, 0.25) is 0 Å². The molecular formula is C11H15N5O. The average Bonchev–Trinajstić information content (AvgIpc) is 2.72. The molecule has 0 aliphatic rings. The fourth-order valence-electron chi connectivity index (χ4n) is 1.53. The molecule has 0 saturated carbocycles. The Kier molecular flexibility index (Phi) is 3.34. The summed E-state index contributed by atoms with van der Waals surface area (Å²) in [5, 5.41) is 4.10. The topological polar surface area (TPSA) is 78.9 Å². The van der Waals surface area contributed by atoms with Gasteiger partial charge < -0.3 is 10.5 Å². The van der Waals surface area contributed by atoms with E-state index in [-0.39, 0.29) is 0 Å². The normalized spacial score (nSPS) is 10.7. The second-order valence-corrected chi connectivity index (χ2v) is 3.57. The van der Waals surface area contributed by atoms with Crippen LogP contribution < -0.4 is 5.73 Å². The third-order valence-electron chi connectivity index (χ3n) is 2.31. The van der Waals surface area contributed by atoms with Crippen molar-refractivity contribution < 1.29 is 4.74 Å². The number of aromatic nitrogens is 4. The Balaban J connectivity index is 2.35. The first-order chi connectivity index (χ1) is 8.20. The van der Waals surface area contributed by atoms with Gasteiger partial charge in [-0.3, -0.25) is 4.68 Å². The molecular weight excluding hydrogens is 218 g/mol. The van der Waals surface area contributed by atoms with Gasteiger partial charge in [0.05, 0.1) is 11.4 Å². The summed E-state index contributed by atoms with van der Waals surface area (Å²) in [6, 6.07) is 3.61. The summed E-state index contributed by atoms with van der Waals surface area (Å²) in [4.78, 5) is 8.52. The van der Waals surface area contributed by atoms with Gasteiger partial charge in [-0.2, -0.15) is 5.10 Å². The van der Waals surface area contributed by atoms with Crippen molar-refractivity contribution in [3.8, 4) is 11.4 Å². The molecule has 0 aliphatic heterocycles. The van der Waals surface area contributed by atoms with E-state index in [0.29, 0.717) is 24.9 Å². The summed E-state index contributed by atoms with van der Waals surface area (Å²) in [5.74, 6) is 1.02. The summed E-state index contributed by atoms with van der Waals surface area (Å²) in [6.07, 6.45) is 1.72. The molecule has 0 aromatic carbocycles. The van der Waals surface area contributed by atoms with Crippen molar-refractivity contribution in [3.63, 3.8) is 0 Å². The summed E-state index contributed by atoms with van der Waals surface area (Å²) >= 11 is 0. The molecule has 2 heterocycles. The maximum Gasteiger partial charge on any atom is 0.157 e. The van der Waals surface area contributed by atoms with Gasteiger partial charge in [0.25, 0.3) is 0 Å². The number of rotatable bonds is 4. The minimum absolute atomic E-state index is 0.367. The van der Waals surface area contributed by atoms with Crippen LogP contribution in [0.3, 0.4) is 0 Å². The Bertz CT molecular complexity index is 508. The van der Waals surface area contributed by atoms with Crippen molar-refractivity contribution in [2.45, 2.75) is 13.5 Å². The third-order valence-corrected chi connectivity index (χ3v) is 2.31. The zero-order valence-electron chi connectivity index (χ0n) is 9.92. The number of anilines is 1. The SMILES string of the molecule is CCOCc1nc(N)cc(-c2ccnn2C)n1. The first kappa shape index (κ1) is 11.5. The van der Waals surface area contributed by atoms with Crippen LogP contribution in [0.15, 0.2) is 18.3 Å². The summed E-state index contributed by atoms with van der Waals surface area (Å²) in [7, 11) is 1.86. The zero-order chi connectivity index (χ0) is 12.3. The van der Waals surface area contributed by atoms with Crippen molar-refractivity contribution in [1.82, 2.24) is 19.7 Å². The number of nitrogens with two attached hydrogens (primary N) is 1. The molecule has 0 unspecified atom stereocenters. The highest BCUT2D eigenvalue weighted by atomic mass is 16.5. The Morgan fingerprint density at radius 2 is 2.24 bits per heavy atom. The maximum absolute atomic E-state index is 5.75. The Labute approximate surface area is 99.4 Å². The number of nitrogen functional groups attached to an aromatic ring is 1. The Morgan fingerprint density at radius 3 is 2.88 bits per heavy atom. The molecule has 0 radical (unpaired) electrons. The van der Waals surface area contributed by atoms with Crippen molar-refractivity contribution in [1.29, 1.82) is 0 Å². The van der Waals surface area contributed by atoms with Gasteiger partial charge >= 0.3 is 0 Å². The highest BCUT2D eigenvalue weighted by molar-refractivity contribution is 5.57. The summed E-state index contributed by atoms with van der Waals surface area (Å²) < 4.78 is 7.02. The average molecular weight is 233 g/mol. The van der Waals surface area contributed by atoms with Crippen LogP contribution in [0.4, 0.5) is 5.82 Å². The quantitative estimate of drug-likeness (QED) is 0.852. The summed E-state index contributed by atoms with van der Waals surface area (Å²) in [5.41, 5.74) is 7.41. The van der Waals surface area contributed by atoms with Crippen LogP contribution in [-0.2, 0) is 18.4 Å². The molecule has 6 heteroatoms. The van der Waals surface area contributed by atoms with Gasteiger partial charge in [0, 0.05) is 25.9 Å². The van der Waals surface area contributed by atoms with Crippen LogP contribution in [0.1, 0.15) is 12.7 Å². The molecule has 0 amide bonds. The lowest BCUT2D eigenvalue weighted by Crippen LogP contribution is -2.05. The van der Waals surface area contributed by atoms with Gasteiger partial charge in [-0.15, -0.1) is 0 Å². The zero-order valence-corrected chi connectivity index (χ0v) is 9.92. The third kappa shape index (κ3) is 2.59. The number of ether oxygens (including phenoxy) is 1. The largest absolute Gasteiger partial charge is 0.384 e. The van der Waals surface area contributed by atoms with Crippen molar-refractivity contribution in [2.24, 2.45) is 7.05 Å². The van der Waals surface area contributed by atoms with Crippen LogP contribution >= 0.6 is 0 Å². The molecule has 0 saturated heterocycles. The van der Waals surface area contributed by atoms with Gasteiger partial charge in [-0.1, -0.05) is 0 Å². The minimum Gasteiger partial charge on any atom is -0.384 e. The second kappa shape index (κ2) is 4.92. The molecule has 0 spiro atoms. The molecule has 2 aromatic rings. The highest BCUT2D eigenvalue weighted by Crippen LogP contribution is 2.17. The van der Waals surface area contributed by atoms with E-state index >= 15 is 0 Å². The molecule has 0 bridgehead atoms. The van der Waals surface area contributed by atoms with Gasteiger partial charge in [-0.05, 0) is 13.0 Å². The fraction of sp³-hybridized carbons (Fsp3) is 0.364. The number of nitrogens with zero attached hydrogens (tertiary/aromatic N) is 4. The van der Waals surface area contributed by atoms with E-state index in [4.69, 9.17) is 10.5 Å². The lowest BCUT2D eigenvalue weighted by molar-refractivity contribution is 0.128. The minimum atomic E-state index is 0.367. The second-order valence-electron chi connectivity index (χ2n) is 3.57. The molecule has 6 nitrogen and oxygen atoms in total. The van der Waals surface area contributed by atoms with Crippen molar-refractivity contribution >= 4 is 5.82 Å². The molecule has 90 valence electrons. The van der Waals surface area contributed by atoms with Crippen LogP contribution in [0, 0.1) is 0 Å². The monoisotopic (exact) mass is 233 g/mol. The number of hydrogen-bond donors (Lipinski definition) is 1. The lowest BCUT2D eigenvalue weighted by Gasteiger charge is -2.06. The summed E-state index contributed by atoms with van der Waals surface area (Å²) in [6.45, 7) is 2.92. The Hall–Kier alpha value is -1.95. The van der Waals surface area contributed by atoms with Gasteiger partial charge in [0.15, 0.2) is 5.82 Å². The molecule has 2 aromatic heterocycles. The molecule has 2 N–H and O–H groups in total. The van der Waals surface area contributed by atoms with Crippen LogP contribution in [0.25, 0.3) is 11.4 Å². The van der Waals surface area contributed by atoms with Crippen LogP contribution in [0.2, 0.25) is 0 Å². The maximum atomic E-state index is 5.75. The highest BCUT2D eigenvalue weighted by Gasteiger charge is 2.08. The van der Waals surface area contributed by atoms with E-state index in [1.807, 2.05) is 20.0 Å². The van der Waals surface area contributed by atoms with E-state index in [9.17, 15) is 0 Å². The lowest BCUT2D eigenvalue weighted by atomic mass is 10.3. The predicted octanol–water partition coefficient (Wildman–Crippen LogP) is 0.996. The van der Waals surface area contributed by atoms with E-state index < -0.39 is 0 Å². The number of aryl methyl sites for hydroxylation is 1. The predicted molar refractivity (Wildman–Crippen MR) is 64.0 cm³/mol. The number of hydrogen-bond acceptors (Lipinski definition) is 5. The van der Waals surface area contributed by atoms with Crippen LogP contribution in [-0.4, -0.2) is 26.4 Å². The molecule has 2 rings (SSSR count). The standard InChI is InChI=1S/C11H15N5O/c1-3-17-7-11-14-8(6-10(12)15-11)9-4-5-13-16(9)2/h4-6H,3,7H2,1-2H3,(H2,12,14,15). The smallest absolute Gasteiger partial charge is 0.157 e. The van der Waals surface area contributed by atoms with Gasteiger partial charge in [-0.25, -0.2) is 9.97 Å². The van der Waals surface area contributed by atoms with Crippen molar-refractivity contribution in [3.05, 3.63) is 24.2 Å². The molecule has 0 aliphatic carbocycles. The Morgan fingerprint density at radius 1 is 1.41 bits per heavy atom. The van der Waals surface area contributed by atoms with Crippen molar-refractivity contribution in [2.75, 3.05) is 12.3 Å². The fourth-order valence-corrected chi connectivity index (χ4v) is 1.53. The van der Waals surface area contributed by atoms with Gasteiger partial charge in [0.1, 0.15) is 12.4 Å². The molecule has 0 atom stereocenters. The van der Waals surface area contributed by atoms with E-state index in [0.717, 1.165) is 11.4 Å². The molecule has 17 heavy (non-hydrogen) atoms. The molecule has 0 fully saturated rings. The first-order valence-electron chi connectivity index (χ1n) is 5.40. The first-order valence-corrected chi connectivity index (χ1v) is 5.40. The van der Waals surface area contributed by atoms with E-state index in [2.05, 4.69) is 15.1 Å². The van der Waals surface area contributed by atoms with E-state index in [1.165, 1.54) is 0 Å². The van der Waals surface area contributed by atoms with Crippen LogP contribution in [0.5, 0.6) is 0 Å². The van der Waals surface area contributed by atoms with E-state index in [1.54, 1.807) is 16.9 Å².